The zero-order valence-corrected chi connectivity index (χ0v) is 11.6. The maximum atomic E-state index is 10.6. The maximum Gasteiger partial charge on any atom is 0.303 e. The van der Waals surface area contributed by atoms with Crippen LogP contribution in [0.15, 0.2) is 0 Å². The Bertz CT molecular complexity index is 201. The minimum atomic E-state index is -0.224. The van der Waals surface area contributed by atoms with E-state index < -0.39 is 0 Å². The van der Waals surface area contributed by atoms with Gasteiger partial charge in [0.05, 0.1) is 6.73 Å². The topological polar surface area (TPSA) is 42.0 Å². The summed E-state index contributed by atoms with van der Waals surface area (Å²) in [4.78, 5) is 14.8. The van der Waals surface area contributed by atoms with Crippen LogP contribution in [0.2, 0.25) is 0 Å². The van der Waals surface area contributed by atoms with E-state index in [1.54, 1.807) is 7.11 Å². The zero-order valence-electron chi connectivity index (χ0n) is 11.6. The summed E-state index contributed by atoms with van der Waals surface area (Å²) in [5.41, 5.74) is 0. The van der Waals surface area contributed by atoms with Crippen molar-refractivity contribution in [3.8, 4) is 0 Å². The van der Waals surface area contributed by atoms with E-state index in [0.717, 1.165) is 19.5 Å². The van der Waals surface area contributed by atoms with Gasteiger partial charge in [-0.15, -0.1) is 0 Å². The lowest BCUT2D eigenvalue weighted by Gasteiger charge is -2.17. The molecule has 0 rings (SSSR count). The number of esters is 1. The van der Waals surface area contributed by atoms with Gasteiger partial charge in [0.25, 0.3) is 0 Å². The van der Waals surface area contributed by atoms with Crippen LogP contribution in [0.1, 0.15) is 41.0 Å². The van der Waals surface area contributed by atoms with Crippen LogP contribution in [0.3, 0.4) is 0 Å². The molecule has 118 valence electrons. The number of unbranched alkanes of at least 4 members (excludes halogenated alkanes) is 2. The molecule has 19 heavy (non-hydrogen) atoms. The van der Waals surface area contributed by atoms with Gasteiger partial charge in [0, 0.05) is 20.6 Å². The minimum Gasteiger partial charge on any atom is -0.450 e. The van der Waals surface area contributed by atoms with Crippen molar-refractivity contribution in [2.75, 3.05) is 47.8 Å². The molecular formula is C14H34N2O3. The van der Waals surface area contributed by atoms with Crippen molar-refractivity contribution in [2.45, 2.75) is 41.0 Å². The van der Waals surface area contributed by atoms with Crippen LogP contribution in [-0.4, -0.2) is 63.5 Å². The van der Waals surface area contributed by atoms with Crippen molar-refractivity contribution in [3.63, 3.8) is 0 Å². The van der Waals surface area contributed by atoms with Gasteiger partial charge in [-0.3, -0.25) is 14.6 Å². The number of rotatable bonds is 10. The number of carbonyl (C=O) groups is 1. The lowest BCUT2D eigenvalue weighted by Crippen LogP contribution is -2.25. The van der Waals surface area contributed by atoms with Crippen LogP contribution >= 0.6 is 0 Å². The van der Waals surface area contributed by atoms with Gasteiger partial charge in [0.15, 0.2) is 0 Å². The third kappa shape index (κ3) is 17.4. The van der Waals surface area contributed by atoms with E-state index in [9.17, 15) is 4.79 Å². The summed E-state index contributed by atoms with van der Waals surface area (Å²) < 4.78 is 9.92. The Morgan fingerprint density at radius 2 is 1.42 bits per heavy atom. The van der Waals surface area contributed by atoms with E-state index in [-0.39, 0.29) is 20.8 Å². The number of methoxy groups -OCH3 is 1. The van der Waals surface area contributed by atoms with Crippen LogP contribution in [0.4, 0.5) is 0 Å². The third-order valence-corrected chi connectivity index (χ3v) is 2.42. The molecule has 0 saturated heterocycles. The van der Waals surface area contributed by atoms with E-state index >= 15 is 0 Å². The lowest BCUT2D eigenvalue weighted by molar-refractivity contribution is -0.145. The van der Waals surface area contributed by atoms with Gasteiger partial charge >= 0.3 is 5.97 Å². The number of ether oxygens (including phenoxy) is 2. The molecule has 0 atom stereocenters. The second kappa shape index (κ2) is 15.4. The second-order valence-electron chi connectivity index (χ2n) is 4.40. The standard InChI is InChI=1S/C12H26N2O3.2CH4/c1-12(15)17-11-14(3)9-7-5-6-8-13(2)10-16-4;;/h5-11H2,1-4H3;2*1H4. The van der Waals surface area contributed by atoms with Gasteiger partial charge in [-0.2, -0.15) is 0 Å². The first-order chi connectivity index (χ1) is 8.06. The van der Waals surface area contributed by atoms with Crippen molar-refractivity contribution in [2.24, 2.45) is 0 Å². The lowest BCUT2D eigenvalue weighted by atomic mass is 10.2. The molecule has 0 saturated carbocycles. The molecule has 0 amide bonds. The Balaban J connectivity index is -0.00000128. The highest BCUT2D eigenvalue weighted by Crippen LogP contribution is 1.99. The molecule has 0 aliphatic heterocycles. The molecule has 0 spiro atoms. The average molecular weight is 278 g/mol. The van der Waals surface area contributed by atoms with Gasteiger partial charge < -0.3 is 9.47 Å². The third-order valence-electron chi connectivity index (χ3n) is 2.42. The first-order valence-corrected chi connectivity index (χ1v) is 6.05. The summed E-state index contributed by atoms with van der Waals surface area (Å²) in [5, 5.41) is 0. The van der Waals surface area contributed by atoms with E-state index in [1.165, 1.54) is 19.8 Å². The summed E-state index contributed by atoms with van der Waals surface area (Å²) in [7, 11) is 5.72. The summed E-state index contributed by atoms with van der Waals surface area (Å²) in [5.74, 6) is -0.224. The Morgan fingerprint density at radius 1 is 0.947 bits per heavy atom. The molecule has 0 aromatic rings. The number of nitrogens with zero attached hydrogens (tertiary/aromatic N) is 2. The molecule has 5 heteroatoms. The summed E-state index contributed by atoms with van der Waals surface area (Å²) in [6.45, 7) is 4.52. The molecule has 5 nitrogen and oxygen atoms in total. The summed E-state index contributed by atoms with van der Waals surface area (Å²) >= 11 is 0. The minimum absolute atomic E-state index is 0. The van der Waals surface area contributed by atoms with Crippen LogP contribution in [0.5, 0.6) is 0 Å². The fourth-order valence-corrected chi connectivity index (χ4v) is 1.49. The van der Waals surface area contributed by atoms with E-state index in [1.807, 2.05) is 11.9 Å². The highest BCUT2D eigenvalue weighted by molar-refractivity contribution is 5.65. The second-order valence-corrected chi connectivity index (χ2v) is 4.40. The maximum absolute atomic E-state index is 10.6. The summed E-state index contributed by atoms with van der Waals surface area (Å²) in [6.07, 6.45) is 3.47. The molecule has 0 aromatic heterocycles. The van der Waals surface area contributed by atoms with Crippen molar-refractivity contribution >= 4 is 5.97 Å². The highest BCUT2D eigenvalue weighted by atomic mass is 16.5. The molecule has 0 radical (unpaired) electrons. The monoisotopic (exact) mass is 278 g/mol. The molecule has 0 aliphatic rings. The van der Waals surface area contributed by atoms with Crippen molar-refractivity contribution in [1.29, 1.82) is 0 Å². The number of hydrogen-bond acceptors (Lipinski definition) is 5. The van der Waals surface area contributed by atoms with Crippen molar-refractivity contribution < 1.29 is 14.3 Å². The van der Waals surface area contributed by atoms with Crippen molar-refractivity contribution in [3.05, 3.63) is 0 Å². The summed E-state index contributed by atoms with van der Waals surface area (Å²) in [6, 6.07) is 0. The van der Waals surface area contributed by atoms with Crippen LogP contribution in [-0.2, 0) is 14.3 Å². The normalized spacial score (nSPS) is 10.0. The van der Waals surface area contributed by atoms with Gasteiger partial charge in [0.2, 0.25) is 0 Å². The SMILES string of the molecule is C.C.COCN(C)CCCCCN(C)COC(C)=O. The number of hydrogen-bond donors (Lipinski definition) is 0. The molecule has 0 aliphatic carbocycles. The Kier molecular flexibility index (Phi) is 19.0. The largest absolute Gasteiger partial charge is 0.450 e. The molecule has 0 fully saturated rings. The van der Waals surface area contributed by atoms with E-state index in [4.69, 9.17) is 9.47 Å². The predicted octanol–water partition coefficient (Wildman–Crippen LogP) is 2.42. The molecule has 0 N–H and O–H groups in total. The van der Waals surface area contributed by atoms with Gasteiger partial charge in [-0.05, 0) is 33.5 Å². The van der Waals surface area contributed by atoms with Crippen LogP contribution in [0.25, 0.3) is 0 Å². The molecule has 0 aromatic carbocycles. The molecule has 0 unspecified atom stereocenters. The average Bonchev–Trinajstić information content (AvgIpc) is 2.26. The quantitative estimate of drug-likeness (QED) is 0.349. The Labute approximate surface area is 119 Å². The Hall–Kier alpha value is -0.650. The predicted molar refractivity (Wildman–Crippen MR) is 81.1 cm³/mol. The molecule has 0 heterocycles. The zero-order chi connectivity index (χ0) is 13.1. The van der Waals surface area contributed by atoms with E-state index in [2.05, 4.69) is 11.9 Å². The highest BCUT2D eigenvalue weighted by Gasteiger charge is 2.01. The van der Waals surface area contributed by atoms with Crippen molar-refractivity contribution in [1.82, 2.24) is 9.80 Å². The first-order valence-electron chi connectivity index (χ1n) is 6.05. The van der Waals surface area contributed by atoms with Gasteiger partial charge in [0.1, 0.15) is 6.73 Å². The molecular weight excluding hydrogens is 244 g/mol. The number of carbonyl (C=O) groups excluding carboxylic acids is 1. The van der Waals surface area contributed by atoms with E-state index in [0.29, 0.717) is 13.5 Å². The Morgan fingerprint density at radius 3 is 1.84 bits per heavy atom. The van der Waals surface area contributed by atoms with Gasteiger partial charge in [-0.1, -0.05) is 21.3 Å². The fraction of sp³-hybridized carbons (Fsp3) is 0.929. The van der Waals surface area contributed by atoms with Crippen LogP contribution < -0.4 is 0 Å². The fourth-order valence-electron chi connectivity index (χ4n) is 1.49. The van der Waals surface area contributed by atoms with Crippen LogP contribution in [0, 0.1) is 0 Å². The molecule has 0 bridgehead atoms. The first kappa shape index (κ1) is 23.4. The smallest absolute Gasteiger partial charge is 0.303 e. The van der Waals surface area contributed by atoms with Gasteiger partial charge in [-0.25, -0.2) is 0 Å².